The van der Waals surface area contributed by atoms with Crippen molar-refractivity contribution in [3.63, 3.8) is 0 Å². The molecule has 0 radical (unpaired) electrons. The number of rotatable bonds is 5. The van der Waals surface area contributed by atoms with Crippen LogP contribution in [-0.2, 0) is 47.2 Å². The fourth-order valence-corrected chi connectivity index (χ4v) is 7.87. The summed E-state index contributed by atoms with van der Waals surface area (Å²) in [7, 11) is -13.3. The molecule has 256 valence electrons. The molecule has 0 saturated heterocycles. The Labute approximate surface area is 271 Å². The van der Waals surface area contributed by atoms with Crippen LogP contribution < -0.4 is 4.13 Å². The van der Waals surface area contributed by atoms with Crippen LogP contribution in [-0.4, -0.2) is 27.9 Å². The van der Waals surface area contributed by atoms with Gasteiger partial charge in [-0.3, -0.25) is 0 Å². The van der Waals surface area contributed by atoms with Crippen molar-refractivity contribution in [3.05, 3.63) is 89.5 Å². The molecular weight excluding hydrogens is 673 g/mol. The molecular formula is C32H40F6NO4S3+. The van der Waals surface area contributed by atoms with E-state index in [9.17, 15) is 43.2 Å². The molecule has 46 heavy (non-hydrogen) atoms. The van der Waals surface area contributed by atoms with Gasteiger partial charge in [-0.25, -0.2) is 16.8 Å². The minimum atomic E-state index is -6.60. The summed E-state index contributed by atoms with van der Waals surface area (Å²) in [5, 5.41) is 0. The lowest BCUT2D eigenvalue weighted by Crippen LogP contribution is -2.45. The molecule has 5 nitrogen and oxygen atoms in total. The van der Waals surface area contributed by atoms with E-state index < -0.39 is 35.2 Å². The van der Waals surface area contributed by atoms with Gasteiger partial charge in [0.25, 0.3) is 0 Å². The second-order valence-corrected chi connectivity index (χ2v) is 19.2. The van der Waals surface area contributed by atoms with Crippen molar-refractivity contribution in [2.24, 2.45) is 0 Å². The van der Waals surface area contributed by atoms with Gasteiger partial charge in [-0.05, 0) is 69.3 Å². The zero-order valence-corrected chi connectivity index (χ0v) is 29.5. The van der Waals surface area contributed by atoms with E-state index in [1.807, 2.05) is 0 Å². The van der Waals surface area contributed by atoms with Gasteiger partial charge in [0.15, 0.2) is 14.7 Å². The number of sulfonamides is 2. The van der Waals surface area contributed by atoms with E-state index in [0.29, 0.717) is 0 Å². The van der Waals surface area contributed by atoms with Gasteiger partial charge in [-0.15, -0.1) is 0 Å². The summed E-state index contributed by atoms with van der Waals surface area (Å²) in [6.45, 7) is 20.5. The number of nitrogens with one attached hydrogen (secondary N) is 1. The Kier molecular flexibility index (Phi) is 11.6. The van der Waals surface area contributed by atoms with E-state index in [4.69, 9.17) is 0 Å². The molecule has 0 heterocycles. The Balaban J connectivity index is 0.000000415. The van der Waals surface area contributed by atoms with Crippen molar-refractivity contribution in [2.45, 2.75) is 104 Å². The second kappa shape index (κ2) is 13.5. The van der Waals surface area contributed by atoms with Gasteiger partial charge >= 0.3 is 31.1 Å². The summed E-state index contributed by atoms with van der Waals surface area (Å²) in [6.07, 6.45) is 0. The van der Waals surface area contributed by atoms with E-state index in [2.05, 4.69) is 135 Å². The molecule has 1 N–H and O–H groups in total. The van der Waals surface area contributed by atoms with E-state index >= 15 is 0 Å². The molecule has 3 aromatic carbocycles. The van der Waals surface area contributed by atoms with Crippen LogP contribution in [0.3, 0.4) is 0 Å². The van der Waals surface area contributed by atoms with Crippen LogP contribution in [0, 0.1) is 0 Å². The van der Waals surface area contributed by atoms with Crippen LogP contribution in [0.2, 0.25) is 0 Å². The predicted octanol–water partition coefficient (Wildman–Crippen LogP) is 8.95. The van der Waals surface area contributed by atoms with Crippen LogP contribution in [0.4, 0.5) is 26.3 Å². The quantitative estimate of drug-likeness (QED) is 0.212. The number of alkyl halides is 6. The van der Waals surface area contributed by atoms with Crippen molar-refractivity contribution in [1.29, 1.82) is 0 Å². The Bertz CT molecular complexity index is 1500. The molecule has 0 spiro atoms. The van der Waals surface area contributed by atoms with Crippen molar-refractivity contribution in [3.8, 4) is 0 Å². The highest BCUT2D eigenvalue weighted by molar-refractivity contribution is 8.05. The number of hydrogen-bond donors (Lipinski definition) is 1. The van der Waals surface area contributed by atoms with Gasteiger partial charge in [-0.2, -0.15) is 26.3 Å². The van der Waals surface area contributed by atoms with Gasteiger partial charge < -0.3 is 0 Å². The summed E-state index contributed by atoms with van der Waals surface area (Å²) in [4.78, 5) is 4.13. The third-order valence-corrected chi connectivity index (χ3v) is 11.9. The summed E-state index contributed by atoms with van der Waals surface area (Å²) in [5.41, 5.74) is -7.65. The van der Waals surface area contributed by atoms with Gasteiger partial charge in [-0.1, -0.05) is 103 Å². The fourth-order valence-electron chi connectivity index (χ4n) is 3.92. The lowest BCUT2D eigenvalue weighted by molar-refractivity contribution is -0.0476. The average molecular weight is 713 g/mol. The summed E-state index contributed by atoms with van der Waals surface area (Å²) in [5.74, 6) is 0. The fraction of sp³-hybridized carbons (Fsp3) is 0.438. The zero-order chi connectivity index (χ0) is 35.7. The number of hydrogen-bond acceptors (Lipinski definition) is 4. The third kappa shape index (κ3) is 10.2. The number of halogens is 6. The molecule has 0 aliphatic carbocycles. The molecule has 0 aromatic heterocycles. The van der Waals surface area contributed by atoms with E-state index in [0.717, 1.165) is 0 Å². The smallest absolute Gasteiger partial charge is 0.202 e. The normalized spacial score (nSPS) is 13.7. The minimum absolute atomic E-state index is 0.120. The topological polar surface area (TPSA) is 80.3 Å². The van der Waals surface area contributed by atoms with E-state index in [1.165, 1.54) is 31.4 Å². The zero-order valence-electron chi connectivity index (χ0n) is 27.1. The molecule has 0 aliphatic rings. The molecule has 0 unspecified atom stereocenters. The first-order chi connectivity index (χ1) is 20.5. The lowest BCUT2D eigenvalue weighted by Gasteiger charge is -2.21. The van der Waals surface area contributed by atoms with Crippen LogP contribution in [0.5, 0.6) is 0 Å². The average Bonchev–Trinajstić information content (AvgIpc) is 2.87. The van der Waals surface area contributed by atoms with E-state index in [-0.39, 0.29) is 27.1 Å². The Morgan fingerprint density at radius 1 is 0.435 bits per heavy atom. The van der Waals surface area contributed by atoms with Crippen molar-refractivity contribution < 1.29 is 43.2 Å². The van der Waals surface area contributed by atoms with Crippen LogP contribution >= 0.6 is 0 Å². The Morgan fingerprint density at radius 2 is 0.630 bits per heavy atom. The van der Waals surface area contributed by atoms with Gasteiger partial charge in [0.1, 0.15) is 0 Å². The lowest BCUT2D eigenvalue weighted by atomic mass is 9.87. The molecule has 0 amide bonds. The first kappa shape index (κ1) is 39.6. The first-order valence-corrected chi connectivity index (χ1v) is 18.1. The molecule has 0 bridgehead atoms. The number of benzene rings is 3. The van der Waals surface area contributed by atoms with Crippen molar-refractivity contribution in [1.82, 2.24) is 4.13 Å². The van der Waals surface area contributed by atoms with Crippen LogP contribution in [0.1, 0.15) is 79.0 Å². The molecule has 0 aliphatic heterocycles. The van der Waals surface area contributed by atoms with Crippen molar-refractivity contribution >= 4 is 30.9 Å². The third-order valence-electron chi connectivity index (χ3n) is 6.70. The molecule has 0 fully saturated rings. The summed E-state index contributed by atoms with van der Waals surface area (Å²) < 4.78 is 108. The molecule has 14 heteroatoms. The van der Waals surface area contributed by atoms with E-state index in [1.54, 1.807) is 0 Å². The molecule has 3 aromatic rings. The summed E-state index contributed by atoms with van der Waals surface area (Å²) in [6, 6.07) is 27.8. The van der Waals surface area contributed by atoms with Gasteiger partial charge in [0.05, 0.1) is 10.9 Å². The highest BCUT2D eigenvalue weighted by atomic mass is 32.3. The minimum Gasteiger partial charge on any atom is -0.202 e. The SMILES string of the molecule is CC(C)(C)c1ccc([S+](c2ccc(C(C)(C)C)cc2)c2ccc(C(C)(C)C)cc2)cc1.O=S(=O)(NS(=O)(=O)C(F)(F)F)C(F)(F)F. The van der Waals surface area contributed by atoms with Crippen molar-refractivity contribution in [2.75, 3.05) is 0 Å². The largest absolute Gasteiger partial charge is 0.512 e. The van der Waals surface area contributed by atoms with Gasteiger partial charge in [0.2, 0.25) is 0 Å². The highest BCUT2D eigenvalue weighted by Gasteiger charge is 2.55. The van der Waals surface area contributed by atoms with Gasteiger partial charge in [0, 0.05) is 0 Å². The molecule has 0 saturated carbocycles. The predicted molar refractivity (Wildman–Crippen MR) is 171 cm³/mol. The maximum atomic E-state index is 11.5. The van der Waals surface area contributed by atoms with Crippen LogP contribution in [0.25, 0.3) is 0 Å². The maximum absolute atomic E-state index is 11.5. The molecule has 3 rings (SSSR count). The highest BCUT2D eigenvalue weighted by Crippen LogP contribution is 2.35. The Hall–Kier alpha value is -2.55. The second-order valence-electron chi connectivity index (χ2n) is 13.6. The monoisotopic (exact) mass is 712 g/mol. The summed E-state index contributed by atoms with van der Waals surface area (Å²) >= 11 is 0. The standard InChI is InChI=1S/C30H39S.C2HF6NO4S2/c1-28(2,3)22-10-16-25(17-11-22)31(26-18-12-23(13-19-26)29(4,5)6)27-20-14-24(15-21-27)30(7,8)9;3-1(4,5)14(10,11)9-15(12,13)2(6,7)8/h10-21H,1-9H3;9H/q+1;. The Morgan fingerprint density at radius 3 is 0.783 bits per heavy atom. The van der Waals surface area contributed by atoms with Crippen LogP contribution in [0.15, 0.2) is 87.5 Å². The molecule has 0 atom stereocenters. The first-order valence-electron chi connectivity index (χ1n) is 13.9. The maximum Gasteiger partial charge on any atom is 0.512 e.